The van der Waals surface area contributed by atoms with Crippen molar-refractivity contribution in [2.75, 3.05) is 24.3 Å². The van der Waals surface area contributed by atoms with Crippen LogP contribution in [-0.4, -0.2) is 35.6 Å². The van der Waals surface area contributed by atoms with Crippen molar-refractivity contribution in [1.29, 1.82) is 0 Å². The molecule has 7 heteroatoms. The fourth-order valence-electron chi connectivity index (χ4n) is 3.29. The Morgan fingerprint density at radius 1 is 1.38 bits per heavy atom. The number of nitrogens with one attached hydrogen (secondary N) is 3. The Morgan fingerprint density at radius 3 is 3.08 bits per heavy atom. The Labute approximate surface area is 139 Å². The highest BCUT2D eigenvalue weighted by Gasteiger charge is 2.37. The molecular formula is C17H19N5O2. The van der Waals surface area contributed by atoms with Gasteiger partial charge in [0.2, 0.25) is 11.9 Å². The van der Waals surface area contributed by atoms with Gasteiger partial charge in [-0.05, 0) is 30.2 Å². The number of fused-ring (bicyclic) bond motifs is 3. The summed E-state index contributed by atoms with van der Waals surface area (Å²) in [6, 6.07) is 6.03. The lowest BCUT2D eigenvalue weighted by atomic mass is 10.1. The number of carbonyl (C=O) groups is 1. The average molecular weight is 325 g/mol. The lowest BCUT2D eigenvalue weighted by Gasteiger charge is -2.27. The minimum absolute atomic E-state index is 0.0273. The summed E-state index contributed by atoms with van der Waals surface area (Å²) < 4.78 is 5.63. The molecule has 3 N–H and O–H groups in total. The summed E-state index contributed by atoms with van der Waals surface area (Å²) >= 11 is 0. The Balaban J connectivity index is 1.60. The predicted molar refractivity (Wildman–Crippen MR) is 90.4 cm³/mol. The van der Waals surface area contributed by atoms with Crippen LogP contribution in [0.15, 0.2) is 24.4 Å². The van der Waals surface area contributed by atoms with E-state index in [9.17, 15) is 4.79 Å². The van der Waals surface area contributed by atoms with Crippen LogP contribution in [0.1, 0.15) is 22.7 Å². The molecule has 1 amide bonds. The largest absolute Gasteiger partial charge is 0.373 e. The van der Waals surface area contributed by atoms with Gasteiger partial charge in [0.25, 0.3) is 0 Å². The van der Waals surface area contributed by atoms with E-state index in [0.717, 1.165) is 29.1 Å². The van der Waals surface area contributed by atoms with Gasteiger partial charge >= 0.3 is 0 Å². The van der Waals surface area contributed by atoms with Gasteiger partial charge in [-0.25, -0.2) is 4.98 Å². The van der Waals surface area contributed by atoms with Crippen LogP contribution in [0.2, 0.25) is 0 Å². The monoisotopic (exact) mass is 325 g/mol. The molecule has 2 atom stereocenters. The third-order valence-electron chi connectivity index (χ3n) is 4.48. The molecule has 24 heavy (non-hydrogen) atoms. The molecule has 0 saturated carbocycles. The number of aryl methyl sites for hydroxylation is 1. The first-order valence-electron chi connectivity index (χ1n) is 7.96. The van der Waals surface area contributed by atoms with Gasteiger partial charge in [-0.15, -0.1) is 0 Å². The normalized spacial score (nSPS) is 21.7. The topological polar surface area (TPSA) is 88.2 Å². The SMILES string of the molecule is CNc1nc(Nc2ccc3c(c2)[C@@H]2NC(=O)CO[C@@H]2C3)ncc1C. The van der Waals surface area contributed by atoms with Crippen molar-refractivity contribution < 1.29 is 9.53 Å². The van der Waals surface area contributed by atoms with E-state index in [1.54, 1.807) is 6.20 Å². The smallest absolute Gasteiger partial charge is 0.246 e. The first-order chi connectivity index (χ1) is 11.6. The summed E-state index contributed by atoms with van der Waals surface area (Å²) in [4.78, 5) is 20.4. The first-order valence-corrected chi connectivity index (χ1v) is 7.96. The number of rotatable bonds is 3. The summed E-state index contributed by atoms with van der Waals surface area (Å²) in [5.74, 6) is 1.26. The summed E-state index contributed by atoms with van der Waals surface area (Å²) in [7, 11) is 1.83. The molecule has 0 spiro atoms. The third-order valence-corrected chi connectivity index (χ3v) is 4.48. The lowest BCUT2D eigenvalue weighted by molar-refractivity contribution is -0.136. The Bertz CT molecular complexity index is 808. The number of amides is 1. The van der Waals surface area contributed by atoms with Gasteiger partial charge < -0.3 is 20.7 Å². The zero-order valence-electron chi connectivity index (χ0n) is 13.6. The summed E-state index contributed by atoms with van der Waals surface area (Å²) in [5.41, 5.74) is 4.18. The molecule has 2 heterocycles. The van der Waals surface area contributed by atoms with E-state index in [1.807, 2.05) is 26.1 Å². The van der Waals surface area contributed by atoms with Crippen LogP contribution < -0.4 is 16.0 Å². The van der Waals surface area contributed by atoms with Gasteiger partial charge in [-0.3, -0.25) is 4.79 Å². The molecule has 2 aromatic rings. The molecule has 1 fully saturated rings. The van der Waals surface area contributed by atoms with E-state index >= 15 is 0 Å². The van der Waals surface area contributed by atoms with Gasteiger partial charge in [0.05, 0.1) is 12.1 Å². The fourth-order valence-corrected chi connectivity index (χ4v) is 3.29. The maximum Gasteiger partial charge on any atom is 0.246 e. The van der Waals surface area contributed by atoms with Crippen molar-refractivity contribution in [3.8, 4) is 0 Å². The molecule has 1 aliphatic carbocycles. The highest BCUT2D eigenvalue weighted by molar-refractivity contribution is 5.79. The van der Waals surface area contributed by atoms with Gasteiger partial charge in [0.1, 0.15) is 12.4 Å². The van der Waals surface area contributed by atoms with E-state index in [4.69, 9.17) is 4.74 Å². The zero-order chi connectivity index (χ0) is 16.7. The Hall–Kier alpha value is -2.67. The van der Waals surface area contributed by atoms with Crippen molar-refractivity contribution in [3.05, 3.63) is 41.1 Å². The molecule has 0 unspecified atom stereocenters. The van der Waals surface area contributed by atoms with Crippen LogP contribution >= 0.6 is 0 Å². The minimum atomic E-state index is -0.0743. The zero-order valence-corrected chi connectivity index (χ0v) is 13.6. The van der Waals surface area contributed by atoms with Crippen LogP contribution in [0.25, 0.3) is 0 Å². The van der Waals surface area contributed by atoms with Crippen LogP contribution in [-0.2, 0) is 16.0 Å². The number of aromatic nitrogens is 2. The van der Waals surface area contributed by atoms with E-state index in [1.165, 1.54) is 5.56 Å². The van der Waals surface area contributed by atoms with E-state index in [2.05, 4.69) is 32.0 Å². The second-order valence-corrected chi connectivity index (χ2v) is 6.11. The Morgan fingerprint density at radius 2 is 2.25 bits per heavy atom. The number of ether oxygens (including phenoxy) is 1. The number of anilines is 3. The maximum atomic E-state index is 11.6. The van der Waals surface area contributed by atoms with E-state index in [0.29, 0.717) is 5.95 Å². The molecule has 1 aromatic heterocycles. The molecule has 2 aliphatic rings. The van der Waals surface area contributed by atoms with Crippen molar-refractivity contribution in [1.82, 2.24) is 15.3 Å². The second kappa shape index (κ2) is 5.76. The maximum absolute atomic E-state index is 11.6. The number of hydrogen-bond donors (Lipinski definition) is 3. The quantitative estimate of drug-likeness (QED) is 0.796. The van der Waals surface area contributed by atoms with Gasteiger partial charge in [0, 0.05) is 30.9 Å². The summed E-state index contributed by atoms with van der Waals surface area (Å²) in [6.07, 6.45) is 2.63. The standard InChI is InChI=1S/C17H19N5O2/c1-9-7-19-17(22-16(9)18-2)20-11-4-3-10-5-13-15(12(10)6-11)21-14(23)8-24-13/h3-4,6-7,13,15H,5,8H2,1-2H3,(H,21,23)(H2,18,19,20,22)/t13-,15+/m1/s1. The van der Waals surface area contributed by atoms with Gasteiger partial charge in [-0.1, -0.05) is 6.07 Å². The van der Waals surface area contributed by atoms with E-state index < -0.39 is 0 Å². The molecule has 124 valence electrons. The fraction of sp³-hybridized carbons (Fsp3) is 0.353. The number of benzene rings is 1. The van der Waals surface area contributed by atoms with Crippen molar-refractivity contribution in [2.24, 2.45) is 0 Å². The average Bonchev–Trinajstić information content (AvgIpc) is 2.94. The summed E-state index contributed by atoms with van der Waals surface area (Å²) in [5, 5.41) is 9.29. The van der Waals surface area contributed by atoms with Crippen molar-refractivity contribution >= 4 is 23.4 Å². The number of hydrogen-bond acceptors (Lipinski definition) is 6. The molecule has 0 bridgehead atoms. The molecule has 7 nitrogen and oxygen atoms in total. The van der Waals surface area contributed by atoms with Crippen LogP contribution in [0.5, 0.6) is 0 Å². The number of carbonyl (C=O) groups excluding carboxylic acids is 1. The highest BCUT2D eigenvalue weighted by atomic mass is 16.5. The van der Waals surface area contributed by atoms with Crippen molar-refractivity contribution in [3.63, 3.8) is 0 Å². The summed E-state index contributed by atoms with van der Waals surface area (Å²) in [6.45, 7) is 2.10. The third kappa shape index (κ3) is 2.56. The molecule has 0 radical (unpaired) electrons. The van der Waals surface area contributed by atoms with Gasteiger partial charge in [0.15, 0.2) is 0 Å². The molecule has 1 aliphatic heterocycles. The van der Waals surface area contributed by atoms with Crippen LogP contribution in [0.3, 0.4) is 0 Å². The molecule has 1 saturated heterocycles. The van der Waals surface area contributed by atoms with Crippen LogP contribution in [0, 0.1) is 6.92 Å². The van der Waals surface area contributed by atoms with E-state index in [-0.39, 0.29) is 24.7 Å². The predicted octanol–water partition coefficient (Wildman–Crippen LogP) is 1.68. The highest BCUT2D eigenvalue weighted by Crippen LogP contribution is 2.37. The molecular weight excluding hydrogens is 306 g/mol. The molecule has 1 aromatic carbocycles. The Kier molecular flexibility index (Phi) is 3.57. The van der Waals surface area contributed by atoms with Crippen molar-refractivity contribution in [2.45, 2.75) is 25.5 Å². The lowest BCUT2D eigenvalue weighted by Crippen LogP contribution is -2.43. The molecule has 4 rings (SSSR count). The first kappa shape index (κ1) is 14.9. The van der Waals surface area contributed by atoms with Gasteiger partial charge in [-0.2, -0.15) is 4.98 Å². The number of nitrogens with zero attached hydrogens (tertiary/aromatic N) is 2. The van der Waals surface area contributed by atoms with Crippen LogP contribution in [0.4, 0.5) is 17.5 Å². The second-order valence-electron chi connectivity index (χ2n) is 6.11. The number of morpholine rings is 1. The minimum Gasteiger partial charge on any atom is -0.373 e.